The monoisotopic (exact) mass is 232 g/mol. The Morgan fingerprint density at radius 2 is 2.12 bits per heavy atom. The van der Waals surface area contributed by atoms with E-state index in [-0.39, 0.29) is 11.6 Å². The molecular weight excluding hydrogens is 216 g/mol. The SMILES string of the molecule is CCC12CCCC1(C(=O)Oc1ccccc1)O2. The van der Waals surface area contributed by atoms with Gasteiger partial charge in [0.2, 0.25) is 0 Å². The average molecular weight is 232 g/mol. The van der Waals surface area contributed by atoms with Crippen LogP contribution in [0.15, 0.2) is 30.3 Å². The fraction of sp³-hybridized carbons (Fsp3) is 0.500. The zero-order chi connectivity index (χ0) is 11.9. The van der Waals surface area contributed by atoms with Gasteiger partial charge in [0, 0.05) is 0 Å². The zero-order valence-electron chi connectivity index (χ0n) is 9.94. The summed E-state index contributed by atoms with van der Waals surface area (Å²) in [5, 5.41) is 0. The van der Waals surface area contributed by atoms with Gasteiger partial charge in [-0.25, -0.2) is 4.79 Å². The van der Waals surface area contributed by atoms with Crippen LogP contribution in [-0.2, 0) is 9.53 Å². The van der Waals surface area contributed by atoms with E-state index >= 15 is 0 Å². The molecule has 3 nitrogen and oxygen atoms in total. The van der Waals surface area contributed by atoms with Crippen molar-refractivity contribution in [1.29, 1.82) is 0 Å². The second-order valence-corrected chi connectivity index (χ2v) is 4.83. The van der Waals surface area contributed by atoms with Gasteiger partial charge in [-0.1, -0.05) is 25.1 Å². The van der Waals surface area contributed by atoms with E-state index < -0.39 is 5.60 Å². The number of hydrogen-bond donors (Lipinski definition) is 0. The Bertz CT molecular complexity index is 442. The van der Waals surface area contributed by atoms with Crippen LogP contribution in [0.5, 0.6) is 5.75 Å². The summed E-state index contributed by atoms with van der Waals surface area (Å²) in [6.07, 6.45) is 3.72. The number of carbonyl (C=O) groups excluding carboxylic acids is 1. The van der Waals surface area contributed by atoms with E-state index in [1.807, 2.05) is 18.2 Å². The number of benzene rings is 1. The molecule has 3 heteroatoms. The number of para-hydroxylation sites is 1. The van der Waals surface area contributed by atoms with Gasteiger partial charge in [0.1, 0.15) is 11.4 Å². The second-order valence-electron chi connectivity index (χ2n) is 4.83. The van der Waals surface area contributed by atoms with Gasteiger partial charge < -0.3 is 9.47 Å². The number of ether oxygens (including phenoxy) is 2. The lowest BCUT2D eigenvalue weighted by atomic mass is 9.94. The molecule has 17 heavy (non-hydrogen) atoms. The molecule has 1 aliphatic heterocycles. The lowest BCUT2D eigenvalue weighted by Crippen LogP contribution is -2.33. The zero-order valence-corrected chi connectivity index (χ0v) is 9.94. The van der Waals surface area contributed by atoms with Crippen molar-refractivity contribution in [1.82, 2.24) is 0 Å². The van der Waals surface area contributed by atoms with Gasteiger partial charge in [-0.3, -0.25) is 0 Å². The molecule has 0 radical (unpaired) electrons. The normalized spacial score (nSPS) is 34.2. The van der Waals surface area contributed by atoms with Crippen molar-refractivity contribution < 1.29 is 14.3 Å². The predicted molar refractivity (Wildman–Crippen MR) is 62.8 cm³/mol. The molecule has 2 fully saturated rings. The first kappa shape index (κ1) is 10.8. The third kappa shape index (κ3) is 1.42. The largest absolute Gasteiger partial charge is 0.424 e. The Labute approximate surface area is 101 Å². The molecule has 1 aliphatic carbocycles. The molecule has 1 heterocycles. The highest BCUT2D eigenvalue weighted by atomic mass is 16.7. The van der Waals surface area contributed by atoms with E-state index in [0.29, 0.717) is 5.75 Å². The fourth-order valence-corrected chi connectivity index (χ4v) is 3.00. The van der Waals surface area contributed by atoms with Crippen molar-refractivity contribution in [3.63, 3.8) is 0 Å². The summed E-state index contributed by atoms with van der Waals surface area (Å²) >= 11 is 0. The Morgan fingerprint density at radius 1 is 1.35 bits per heavy atom. The maximum atomic E-state index is 12.2. The molecule has 2 aliphatic rings. The van der Waals surface area contributed by atoms with Crippen LogP contribution in [0.1, 0.15) is 32.6 Å². The van der Waals surface area contributed by atoms with Gasteiger partial charge in [0.15, 0.2) is 5.60 Å². The number of esters is 1. The highest BCUT2D eigenvalue weighted by Gasteiger charge is 2.76. The molecule has 90 valence electrons. The minimum absolute atomic E-state index is 0.219. The maximum absolute atomic E-state index is 12.2. The molecule has 0 N–H and O–H groups in total. The predicted octanol–water partition coefficient (Wildman–Crippen LogP) is 2.69. The molecule has 2 unspecified atom stereocenters. The van der Waals surface area contributed by atoms with Crippen LogP contribution in [0.25, 0.3) is 0 Å². The number of carbonyl (C=O) groups is 1. The molecule has 0 bridgehead atoms. The first-order valence-electron chi connectivity index (χ1n) is 6.20. The van der Waals surface area contributed by atoms with E-state index in [1.165, 1.54) is 0 Å². The first-order chi connectivity index (χ1) is 8.22. The van der Waals surface area contributed by atoms with Crippen LogP contribution in [0, 0.1) is 0 Å². The summed E-state index contributed by atoms with van der Waals surface area (Å²) in [5.41, 5.74) is -0.865. The second kappa shape index (κ2) is 3.57. The van der Waals surface area contributed by atoms with Gasteiger partial charge in [-0.15, -0.1) is 0 Å². The molecule has 0 amide bonds. The Balaban J connectivity index is 1.76. The highest BCUT2D eigenvalue weighted by molar-refractivity contribution is 5.87. The Hall–Kier alpha value is -1.35. The van der Waals surface area contributed by atoms with Crippen LogP contribution in [-0.4, -0.2) is 17.2 Å². The summed E-state index contributed by atoms with van der Waals surface area (Å²) < 4.78 is 11.1. The Kier molecular flexibility index (Phi) is 2.26. The van der Waals surface area contributed by atoms with Crippen LogP contribution in [0.3, 0.4) is 0 Å². The van der Waals surface area contributed by atoms with Gasteiger partial charge in [0.25, 0.3) is 0 Å². The van der Waals surface area contributed by atoms with Crippen molar-refractivity contribution >= 4 is 5.97 Å². The maximum Gasteiger partial charge on any atom is 0.346 e. The molecule has 0 aromatic heterocycles. The summed E-state index contributed by atoms with van der Waals surface area (Å²) in [5.74, 6) is 0.377. The molecule has 1 saturated heterocycles. The summed E-state index contributed by atoms with van der Waals surface area (Å²) in [6.45, 7) is 2.07. The van der Waals surface area contributed by atoms with E-state index in [0.717, 1.165) is 25.7 Å². The van der Waals surface area contributed by atoms with Gasteiger partial charge in [-0.2, -0.15) is 0 Å². The van der Waals surface area contributed by atoms with Crippen LogP contribution >= 0.6 is 0 Å². The topological polar surface area (TPSA) is 38.8 Å². The van der Waals surface area contributed by atoms with E-state index in [4.69, 9.17) is 9.47 Å². The lowest BCUT2D eigenvalue weighted by molar-refractivity contribution is -0.140. The van der Waals surface area contributed by atoms with E-state index in [1.54, 1.807) is 12.1 Å². The van der Waals surface area contributed by atoms with Gasteiger partial charge in [-0.05, 0) is 37.8 Å². The lowest BCUT2D eigenvalue weighted by Gasteiger charge is -2.10. The van der Waals surface area contributed by atoms with Crippen molar-refractivity contribution in [2.75, 3.05) is 0 Å². The van der Waals surface area contributed by atoms with E-state index in [9.17, 15) is 4.79 Å². The third-order valence-electron chi connectivity index (χ3n) is 4.03. The van der Waals surface area contributed by atoms with Crippen LogP contribution < -0.4 is 4.74 Å². The Morgan fingerprint density at radius 3 is 2.76 bits per heavy atom. The van der Waals surface area contributed by atoms with Crippen molar-refractivity contribution in [2.24, 2.45) is 0 Å². The quantitative estimate of drug-likeness (QED) is 0.457. The van der Waals surface area contributed by atoms with E-state index in [2.05, 4.69) is 6.92 Å². The molecule has 1 aromatic rings. The molecule has 3 rings (SSSR count). The molecular formula is C14H16O3. The number of fused-ring (bicyclic) bond motifs is 1. The smallest absolute Gasteiger partial charge is 0.346 e. The minimum Gasteiger partial charge on any atom is -0.424 e. The third-order valence-corrected chi connectivity index (χ3v) is 4.03. The van der Waals surface area contributed by atoms with Crippen LogP contribution in [0.2, 0.25) is 0 Å². The van der Waals surface area contributed by atoms with Gasteiger partial charge >= 0.3 is 5.97 Å². The highest BCUT2D eigenvalue weighted by Crippen LogP contribution is 2.61. The van der Waals surface area contributed by atoms with Gasteiger partial charge in [0.05, 0.1) is 0 Å². The standard InChI is InChI=1S/C14H16O3/c1-2-13-9-6-10-14(13,17-13)12(15)16-11-7-4-3-5-8-11/h3-5,7-8H,2,6,9-10H2,1H3. The number of epoxide rings is 1. The van der Waals surface area contributed by atoms with Crippen LogP contribution in [0.4, 0.5) is 0 Å². The fourth-order valence-electron chi connectivity index (χ4n) is 3.00. The van der Waals surface area contributed by atoms with Crippen molar-refractivity contribution in [3.05, 3.63) is 30.3 Å². The van der Waals surface area contributed by atoms with Crippen molar-refractivity contribution in [3.8, 4) is 5.75 Å². The summed E-state index contributed by atoms with van der Waals surface area (Å²) in [6, 6.07) is 9.19. The average Bonchev–Trinajstić information content (AvgIpc) is 2.89. The molecule has 0 spiro atoms. The molecule has 2 atom stereocenters. The van der Waals surface area contributed by atoms with Crippen molar-refractivity contribution in [2.45, 2.75) is 43.8 Å². The summed E-state index contributed by atoms with van der Waals surface area (Å²) in [4.78, 5) is 12.2. The molecule has 1 saturated carbocycles. The number of rotatable bonds is 3. The molecule has 1 aromatic carbocycles. The first-order valence-corrected chi connectivity index (χ1v) is 6.20. The summed E-state index contributed by atoms with van der Waals surface area (Å²) in [7, 11) is 0. The number of hydrogen-bond acceptors (Lipinski definition) is 3. The minimum atomic E-state index is -0.641.